The quantitative estimate of drug-likeness (QED) is 0.443. The average molecular weight is 182 g/mol. The van der Waals surface area contributed by atoms with E-state index >= 15 is 0 Å². The van der Waals surface area contributed by atoms with Crippen LogP contribution < -0.4 is 0 Å². The summed E-state index contributed by atoms with van der Waals surface area (Å²) in [5.41, 5.74) is 0. The molecular formula is C9H14N2O2. The molecule has 1 fully saturated rings. The van der Waals surface area contributed by atoms with Gasteiger partial charge in [-0.2, -0.15) is 5.26 Å². The molecule has 0 radical (unpaired) electrons. The Morgan fingerprint density at radius 2 is 2.31 bits per heavy atom. The lowest BCUT2D eigenvalue weighted by molar-refractivity contribution is -0.147. The molecule has 0 saturated carbocycles. The number of carbonyl (C=O) groups is 1. The highest BCUT2D eigenvalue weighted by atomic mass is 16.5. The Kier molecular flexibility index (Phi) is 3.13. The van der Waals surface area contributed by atoms with E-state index in [1.807, 2.05) is 6.92 Å². The van der Waals surface area contributed by atoms with E-state index in [2.05, 4.69) is 10.9 Å². The molecule has 0 aromatic heterocycles. The van der Waals surface area contributed by atoms with Crippen molar-refractivity contribution >= 4 is 5.97 Å². The van der Waals surface area contributed by atoms with Gasteiger partial charge in [0.25, 0.3) is 0 Å². The van der Waals surface area contributed by atoms with Gasteiger partial charge in [0.1, 0.15) is 0 Å². The number of piperidine rings is 1. The van der Waals surface area contributed by atoms with Crippen molar-refractivity contribution in [3.05, 3.63) is 0 Å². The minimum Gasteiger partial charge on any atom is -0.469 e. The lowest BCUT2D eigenvalue weighted by atomic mass is 9.94. The number of nitriles is 1. The molecule has 4 heteroatoms. The number of hydrogen-bond acceptors (Lipinski definition) is 4. The molecule has 1 aliphatic heterocycles. The molecule has 0 bridgehead atoms. The number of esters is 1. The van der Waals surface area contributed by atoms with Gasteiger partial charge >= 0.3 is 5.97 Å². The van der Waals surface area contributed by atoms with Gasteiger partial charge in [0.15, 0.2) is 6.19 Å². The second kappa shape index (κ2) is 4.13. The van der Waals surface area contributed by atoms with Crippen molar-refractivity contribution in [2.45, 2.75) is 25.8 Å². The van der Waals surface area contributed by atoms with Gasteiger partial charge in [-0.05, 0) is 19.8 Å². The number of ether oxygens (including phenoxy) is 1. The van der Waals surface area contributed by atoms with Gasteiger partial charge in [0.2, 0.25) is 0 Å². The number of nitrogens with zero attached hydrogens (tertiary/aromatic N) is 2. The van der Waals surface area contributed by atoms with Crippen LogP contribution in [-0.2, 0) is 9.53 Å². The Bertz CT molecular complexity index is 234. The molecule has 2 unspecified atom stereocenters. The summed E-state index contributed by atoms with van der Waals surface area (Å²) >= 11 is 0. The number of carbonyl (C=O) groups excluding carboxylic acids is 1. The fourth-order valence-corrected chi connectivity index (χ4v) is 1.61. The fraction of sp³-hybridized carbons (Fsp3) is 0.778. The Balaban J connectivity index is 2.55. The van der Waals surface area contributed by atoms with Gasteiger partial charge in [-0.15, -0.1) is 0 Å². The molecule has 2 atom stereocenters. The van der Waals surface area contributed by atoms with Crippen molar-refractivity contribution in [2.24, 2.45) is 5.92 Å². The van der Waals surface area contributed by atoms with E-state index in [9.17, 15) is 4.79 Å². The normalized spacial score (nSPS) is 27.9. The van der Waals surface area contributed by atoms with E-state index in [0.717, 1.165) is 12.8 Å². The number of rotatable bonds is 1. The molecule has 4 nitrogen and oxygen atoms in total. The summed E-state index contributed by atoms with van der Waals surface area (Å²) in [6, 6.07) is 0.255. The monoisotopic (exact) mass is 182 g/mol. The molecule has 0 N–H and O–H groups in total. The number of hydrogen-bond donors (Lipinski definition) is 0. The van der Waals surface area contributed by atoms with Crippen molar-refractivity contribution in [2.75, 3.05) is 13.7 Å². The van der Waals surface area contributed by atoms with Gasteiger partial charge in [0, 0.05) is 12.6 Å². The fourth-order valence-electron chi connectivity index (χ4n) is 1.61. The van der Waals surface area contributed by atoms with Crippen LogP contribution in [-0.4, -0.2) is 30.6 Å². The largest absolute Gasteiger partial charge is 0.469 e. The highest BCUT2D eigenvalue weighted by Crippen LogP contribution is 2.21. The minimum absolute atomic E-state index is 0.124. The maximum absolute atomic E-state index is 11.2. The van der Waals surface area contributed by atoms with Crippen molar-refractivity contribution < 1.29 is 9.53 Å². The topological polar surface area (TPSA) is 53.3 Å². The van der Waals surface area contributed by atoms with E-state index in [0.29, 0.717) is 6.54 Å². The highest BCUT2D eigenvalue weighted by Gasteiger charge is 2.29. The summed E-state index contributed by atoms with van der Waals surface area (Å²) in [7, 11) is 1.39. The van der Waals surface area contributed by atoms with Gasteiger partial charge in [-0.3, -0.25) is 4.79 Å². The maximum Gasteiger partial charge on any atom is 0.310 e. The molecule has 0 aliphatic carbocycles. The summed E-state index contributed by atoms with van der Waals surface area (Å²) in [5.74, 6) is -0.326. The van der Waals surface area contributed by atoms with Crippen LogP contribution in [0.1, 0.15) is 19.8 Å². The van der Waals surface area contributed by atoms with Crippen LogP contribution in [0.4, 0.5) is 0 Å². The zero-order valence-corrected chi connectivity index (χ0v) is 7.99. The molecule has 72 valence electrons. The second-order valence-corrected chi connectivity index (χ2v) is 3.40. The molecule has 1 rings (SSSR count). The van der Waals surface area contributed by atoms with E-state index in [4.69, 9.17) is 5.26 Å². The average Bonchev–Trinajstić information content (AvgIpc) is 2.17. The van der Waals surface area contributed by atoms with Crippen LogP contribution in [0.3, 0.4) is 0 Å². The Morgan fingerprint density at radius 3 is 2.85 bits per heavy atom. The Morgan fingerprint density at radius 1 is 1.62 bits per heavy atom. The molecule has 1 aliphatic rings. The van der Waals surface area contributed by atoms with E-state index in [1.54, 1.807) is 4.90 Å². The molecule has 0 spiro atoms. The second-order valence-electron chi connectivity index (χ2n) is 3.40. The zero-order chi connectivity index (χ0) is 9.84. The first-order valence-corrected chi connectivity index (χ1v) is 4.43. The van der Waals surface area contributed by atoms with Crippen LogP contribution in [0.2, 0.25) is 0 Å². The summed E-state index contributed by atoms with van der Waals surface area (Å²) in [4.78, 5) is 12.8. The molecule has 0 aromatic carbocycles. The van der Waals surface area contributed by atoms with Gasteiger partial charge < -0.3 is 9.64 Å². The van der Waals surface area contributed by atoms with Crippen molar-refractivity contribution in [3.8, 4) is 6.19 Å². The molecule has 0 amide bonds. The van der Waals surface area contributed by atoms with Crippen LogP contribution in [0, 0.1) is 17.4 Å². The van der Waals surface area contributed by atoms with Crippen LogP contribution in [0.5, 0.6) is 0 Å². The Hall–Kier alpha value is -1.24. The van der Waals surface area contributed by atoms with E-state index in [-0.39, 0.29) is 17.9 Å². The number of methoxy groups -OCH3 is 1. The third-order valence-corrected chi connectivity index (χ3v) is 2.55. The first kappa shape index (κ1) is 9.85. The lowest BCUT2D eigenvalue weighted by Crippen LogP contribution is -2.41. The van der Waals surface area contributed by atoms with Crippen molar-refractivity contribution in [1.29, 1.82) is 5.26 Å². The summed E-state index contributed by atoms with van der Waals surface area (Å²) in [6.45, 7) is 2.50. The summed E-state index contributed by atoms with van der Waals surface area (Å²) in [6.07, 6.45) is 3.80. The smallest absolute Gasteiger partial charge is 0.310 e. The first-order chi connectivity index (χ1) is 6.19. The Labute approximate surface area is 78.1 Å². The maximum atomic E-state index is 11.2. The third kappa shape index (κ3) is 2.11. The van der Waals surface area contributed by atoms with Crippen molar-refractivity contribution in [1.82, 2.24) is 4.90 Å². The standard InChI is InChI=1S/C9H14N2O2/c1-7-3-4-8(9(12)13-2)5-11(7)6-10/h7-8H,3-5H2,1-2H3. The van der Waals surface area contributed by atoms with Crippen molar-refractivity contribution in [3.63, 3.8) is 0 Å². The molecule has 1 heterocycles. The van der Waals surface area contributed by atoms with Gasteiger partial charge in [0.05, 0.1) is 13.0 Å². The molecule has 1 saturated heterocycles. The van der Waals surface area contributed by atoms with E-state index < -0.39 is 0 Å². The number of likely N-dealkylation sites (tertiary alicyclic amines) is 1. The van der Waals surface area contributed by atoms with Crippen LogP contribution in [0.25, 0.3) is 0 Å². The van der Waals surface area contributed by atoms with E-state index in [1.165, 1.54) is 7.11 Å². The van der Waals surface area contributed by atoms with Crippen LogP contribution in [0.15, 0.2) is 0 Å². The predicted octanol–water partition coefficient (Wildman–Crippen LogP) is 0.741. The summed E-state index contributed by atoms with van der Waals surface area (Å²) in [5, 5.41) is 8.76. The predicted molar refractivity (Wildman–Crippen MR) is 46.5 cm³/mol. The zero-order valence-electron chi connectivity index (χ0n) is 7.99. The van der Waals surface area contributed by atoms with Gasteiger partial charge in [-0.25, -0.2) is 0 Å². The van der Waals surface area contributed by atoms with Gasteiger partial charge in [-0.1, -0.05) is 0 Å². The van der Waals surface area contributed by atoms with Crippen LogP contribution >= 0.6 is 0 Å². The lowest BCUT2D eigenvalue weighted by Gasteiger charge is -2.32. The first-order valence-electron chi connectivity index (χ1n) is 4.43. The highest BCUT2D eigenvalue weighted by molar-refractivity contribution is 5.72. The molecule has 13 heavy (non-hydrogen) atoms. The summed E-state index contributed by atoms with van der Waals surface area (Å²) < 4.78 is 4.64. The molecular weight excluding hydrogens is 168 g/mol. The SMILES string of the molecule is COC(=O)C1CCC(C)N(C#N)C1. The minimum atomic E-state index is -0.202. The third-order valence-electron chi connectivity index (χ3n) is 2.55. The molecule has 0 aromatic rings.